The predicted octanol–water partition coefficient (Wildman–Crippen LogP) is 2.57. The molecule has 9 rings (SSSR count). The van der Waals surface area contributed by atoms with E-state index in [1.807, 2.05) is 28.9 Å². The molecule has 0 amide bonds. The van der Waals surface area contributed by atoms with Crippen LogP contribution in [0, 0.1) is 0 Å². The molecule has 1 aromatic heterocycles. The van der Waals surface area contributed by atoms with Gasteiger partial charge in [-0.3, -0.25) is 9.48 Å². The summed E-state index contributed by atoms with van der Waals surface area (Å²) in [6, 6.07) is 12.6. The van der Waals surface area contributed by atoms with Crippen molar-refractivity contribution < 1.29 is 14.2 Å². The van der Waals surface area contributed by atoms with Gasteiger partial charge in [0, 0.05) is 25.1 Å². The molecule has 2 spiro atoms. The second-order valence-corrected chi connectivity index (χ2v) is 10.5. The fraction of sp³-hybridized carbons (Fsp3) is 0.500. The highest BCUT2D eigenvalue weighted by Crippen LogP contribution is 2.72. The molecule has 5 unspecified atom stereocenters. The second-order valence-electron chi connectivity index (χ2n) is 10.5. The molecule has 7 nitrogen and oxygen atoms in total. The van der Waals surface area contributed by atoms with Gasteiger partial charge in [0.05, 0.1) is 29.0 Å². The van der Waals surface area contributed by atoms with E-state index in [-0.39, 0.29) is 28.7 Å². The van der Waals surface area contributed by atoms with Crippen LogP contribution < -0.4 is 15.0 Å². The van der Waals surface area contributed by atoms with Crippen molar-refractivity contribution in [3.05, 3.63) is 57.9 Å². The van der Waals surface area contributed by atoms with Gasteiger partial charge in [-0.2, -0.15) is 0 Å². The topological polar surface area (TPSA) is 57.9 Å². The van der Waals surface area contributed by atoms with Crippen LogP contribution in [-0.4, -0.2) is 54.2 Å². The highest BCUT2D eigenvalue weighted by atomic mass is 16.6. The van der Waals surface area contributed by atoms with E-state index in [1.165, 1.54) is 11.1 Å². The van der Waals surface area contributed by atoms with E-state index in [9.17, 15) is 4.79 Å². The molecule has 4 aliphatic heterocycles. The predicted molar refractivity (Wildman–Crippen MR) is 122 cm³/mol. The van der Waals surface area contributed by atoms with Crippen molar-refractivity contribution in [1.82, 2.24) is 14.3 Å². The van der Waals surface area contributed by atoms with E-state index in [4.69, 9.17) is 14.2 Å². The maximum Gasteiger partial charge on any atom is 0.277 e. The van der Waals surface area contributed by atoms with E-state index in [0.717, 1.165) is 54.6 Å². The Hall–Kier alpha value is -2.77. The number of benzene rings is 2. The Kier molecular flexibility index (Phi) is 3.09. The molecule has 5 heterocycles. The summed E-state index contributed by atoms with van der Waals surface area (Å²) in [4.78, 5) is 16.5. The van der Waals surface area contributed by atoms with Crippen LogP contribution in [0.15, 0.2) is 41.2 Å². The molecule has 4 bridgehead atoms. The Morgan fingerprint density at radius 3 is 2.73 bits per heavy atom. The zero-order valence-corrected chi connectivity index (χ0v) is 19.1. The summed E-state index contributed by atoms with van der Waals surface area (Å²) >= 11 is 0. The molecule has 0 N–H and O–H groups in total. The van der Waals surface area contributed by atoms with Crippen molar-refractivity contribution in [2.45, 2.75) is 54.5 Å². The van der Waals surface area contributed by atoms with E-state index in [2.05, 4.69) is 28.8 Å². The molecule has 170 valence electrons. The third kappa shape index (κ3) is 1.60. The van der Waals surface area contributed by atoms with Crippen molar-refractivity contribution in [3.63, 3.8) is 0 Å². The van der Waals surface area contributed by atoms with Crippen LogP contribution in [0.4, 0.5) is 0 Å². The third-order valence-corrected chi connectivity index (χ3v) is 9.80. The molecule has 3 aromatic rings. The minimum Gasteiger partial charge on any atom is -0.493 e. The molecule has 7 heteroatoms. The Balaban J connectivity index is 1.61. The SMILES string of the molecule is COc1ccc2c3c1OC1C4(OC)CCC5(C(C2)N(C)CCC315)n1c2ccccc2c(=O)n14. The first-order valence-electron chi connectivity index (χ1n) is 11.9. The first kappa shape index (κ1) is 18.6. The van der Waals surface area contributed by atoms with Gasteiger partial charge in [-0.15, -0.1) is 0 Å². The van der Waals surface area contributed by atoms with Crippen LogP contribution in [0.3, 0.4) is 0 Å². The van der Waals surface area contributed by atoms with Gasteiger partial charge >= 0.3 is 0 Å². The Morgan fingerprint density at radius 2 is 1.91 bits per heavy atom. The van der Waals surface area contributed by atoms with Gasteiger partial charge in [-0.05, 0) is 56.6 Å². The number of likely N-dealkylation sites (N-methyl/N-ethyl adjacent to an activating group) is 1. The highest BCUT2D eigenvalue weighted by molar-refractivity contribution is 5.80. The molecule has 2 fully saturated rings. The lowest BCUT2D eigenvalue weighted by Crippen LogP contribution is -2.84. The van der Waals surface area contributed by atoms with Crippen LogP contribution in [0.5, 0.6) is 11.5 Å². The number of para-hydroxylation sites is 1. The van der Waals surface area contributed by atoms with Gasteiger partial charge in [-0.25, -0.2) is 4.68 Å². The van der Waals surface area contributed by atoms with Gasteiger partial charge in [0.15, 0.2) is 23.3 Å². The number of rotatable bonds is 2. The van der Waals surface area contributed by atoms with E-state index in [0.29, 0.717) is 0 Å². The second kappa shape index (κ2) is 5.47. The molecule has 33 heavy (non-hydrogen) atoms. The van der Waals surface area contributed by atoms with Crippen molar-refractivity contribution in [1.29, 1.82) is 0 Å². The lowest BCUT2D eigenvalue weighted by molar-refractivity contribution is -0.287. The monoisotopic (exact) mass is 445 g/mol. The van der Waals surface area contributed by atoms with Gasteiger partial charge in [-0.1, -0.05) is 18.2 Å². The highest BCUT2D eigenvalue weighted by Gasteiger charge is 2.81. The molecular formula is C26H27N3O4. The van der Waals surface area contributed by atoms with Gasteiger partial charge < -0.3 is 19.1 Å². The summed E-state index contributed by atoms with van der Waals surface area (Å²) in [6.45, 7) is 0.992. The first-order valence-corrected chi connectivity index (χ1v) is 11.9. The van der Waals surface area contributed by atoms with Crippen LogP contribution in [-0.2, 0) is 27.8 Å². The standard InChI is InChI=1S/C26H27N3O4/c1-27-13-12-24-20-15-8-9-18(31-2)21(20)33-23(24)26(32-3)11-10-25(24,19(27)14-15)28-17-7-5-4-6-16(17)22(30)29(26)28/h4-9,19,23H,10-14H2,1-3H3. The average Bonchev–Trinajstić information content (AvgIpc) is 3.37. The quantitative estimate of drug-likeness (QED) is 0.607. The summed E-state index contributed by atoms with van der Waals surface area (Å²) < 4.78 is 23.4. The summed E-state index contributed by atoms with van der Waals surface area (Å²) in [6.07, 6.45) is 3.32. The Labute approximate surface area is 191 Å². The fourth-order valence-corrected chi connectivity index (χ4v) is 8.71. The maximum absolute atomic E-state index is 14.0. The number of likely N-dealkylation sites (tertiary alicyclic amines) is 1. The number of fused-ring (bicyclic) bond motifs is 2. The lowest BCUT2D eigenvalue weighted by Gasteiger charge is -2.71. The number of ether oxygens (including phenoxy) is 3. The number of hydrogen-bond donors (Lipinski definition) is 0. The van der Waals surface area contributed by atoms with Crippen molar-refractivity contribution in [2.75, 3.05) is 27.8 Å². The van der Waals surface area contributed by atoms with E-state index < -0.39 is 5.72 Å². The number of piperidine rings is 1. The zero-order chi connectivity index (χ0) is 22.3. The molecule has 2 aromatic carbocycles. The minimum atomic E-state index is -0.864. The average molecular weight is 446 g/mol. The van der Waals surface area contributed by atoms with Crippen molar-refractivity contribution in [2.24, 2.45) is 0 Å². The van der Waals surface area contributed by atoms with Crippen LogP contribution in [0.1, 0.15) is 30.4 Å². The molecule has 5 atom stereocenters. The number of aromatic nitrogens is 2. The normalized spacial score (nSPS) is 37.1. The van der Waals surface area contributed by atoms with Crippen molar-refractivity contribution >= 4 is 10.9 Å². The molecule has 1 saturated heterocycles. The van der Waals surface area contributed by atoms with Crippen LogP contribution in [0.25, 0.3) is 10.9 Å². The largest absolute Gasteiger partial charge is 0.493 e. The summed E-state index contributed by atoms with van der Waals surface area (Å²) in [7, 11) is 5.69. The fourth-order valence-electron chi connectivity index (χ4n) is 8.71. The molecular weight excluding hydrogens is 418 g/mol. The Bertz CT molecular complexity index is 1440. The van der Waals surface area contributed by atoms with Crippen molar-refractivity contribution in [3.8, 4) is 11.5 Å². The smallest absolute Gasteiger partial charge is 0.277 e. The lowest BCUT2D eigenvalue weighted by atomic mass is 9.45. The number of methoxy groups -OCH3 is 2. The molecule has 0 radical (unpaired) electrons. The first-order chi connectivity index (χ1) is 16.0. The van der Waals surface area contributed by atoms with Crippen LogP contribution >= 0.6 is 0 Å². The van der Waals surface area contributed by atoms with Gasteiger partial charge in [0.2, 0.25) is 0 Å². The maximum atomic E-state index is 14.0. The molecule has 2 aliphatic carbocycles. The van der Waals surface area contributed by atoms with E-state index >= 15 is 0 Å². The zero-order valence-electron chi connectivity index (χ0n) is 19.1. The number of nitrogens with zero attached hydrogens (tertiary/aromatic N) is 3. The molecule has 1 saturated carbocycles. The van der Waals surface area contributed by atoms with Gasteiger partial charge in [0.25, 0.3) is 5.56 Å². The van der Waals surface area contributed by atoms with Gasteiger partial charge in [0.1, 0.15) is 0 Å². The van der Waals surface area contributed by atoms with E-state index in [1.54, 1.807) is 14.2 Å². The summed E-state index contributed by atoms with van der Waals surface area (Å²) in [5.41, 5.74) is 2.23. The Morgan fingerprint density at radius 1 is 1.06 bits per heavy atom. The summed E-state index contributed by atoms with van der Waals surface area (Å²) in [5.74, 6) is 1.64. The number of hydrogen-bond acceptors (Lipinski definition) is 5. The summed E-state index contributed by atoms with van der Waals surface area (Å²) in [5, 5.41) is 0.758. The third-order valence-electron chi connectivity index (χ3n) is 9.80. The minimum absolute atomic E-state index is 0.0134. The van der Waals surface area contributed by atoms with Crippen LogP contribution in [0.2, 0.25) is 0 Å². The molecule has 6 aliphatic rings.